The number of halogens is 2. The van der Waals surface area contributed by atoms with E-state index in [4.69, 9.17) is 0 Å². The molecule has 5 rings (SSSR count). The van der Waals surface area contributed by atoms with Gasteiger partial charge in [0, 0.05) is 45.0 Å². The highest BCUT2D eigenvalue weighted by atomic mass is 19.3. The van der Waals surface area contributed by atoms with Gasteiger partial charge in [0.1, 0.15) is 12.1 Å². The van der Waals surface area contributed by atoms with Crippen LogP contribution in [0, 0.1) is 5.92 Å². The maximum atomic E-state index is 13.4. The molecule has 1 amide bonds. The van der Waals surface area contributed by atoms with Crippen LogP contribution in [-0.4, -0.2) is 49.5 Å². The molecule has 2 fully saturated rings. The molecule has 2 aliphatic carbocycles. The summed E-state index contributed by atoms with van der Waals surface area (Å²) in [4.78, 5) is 18.9. The molecule has 0 spiro atoms. The molecule has 0 bridgehead atoms. The number of rotatable bonds is 6. The number of alkyl halides is 2. The lowest BCUT2D eigenvalue weighted by molar-refractivity contribution is -0.120. The molecule has 10 heteroatoms. The highest BCUT2D eigenvalue weighted by Crippen LogP contribution is 2.41. The normalized spacial score (nSPS) is 26.1. The number of carbonyl (C=O) groups is 1. The number of carbonyl (C=O) groups excluding carboxylic acids is 1. The molecule has 3 aliphatic rings. The Balaban J connectivity index is 1.17. The molecule has 2 aromatic heterocycles. The van der Waals surface area contributed by atoms with Crippen molar-refractivity contribution in [2.24, 2.45) is 5.92 Å². The van der Waals surface area contributed by atoms with E-state index in [1.54, 1.807) is 23.0 Å². The average molecular weight is 419 g/mol. The number of hydrogen-bond donors (Lipinski definition) is 1. The lowest BCUT2D eigenvalue weighted by Crippen LogP contribution is -2.44. The molecule has 2 saturated carbocycles. The van der Waals surface area contributed by atoms with Crippen LogP contribution >= 0.6 is 0 Å². The van der Waals surface area contributed by atoms with Gasteiger partial charge in [-0.25, -0.2) is 18.4 Å². The second-order valence-electron chi connectivity index (χ2n) is 8.89. The number of amides is 1. The van der Waals surface area contributed by atoms with E-state index < -0.39 is 5.92 Å². The van der Waals surface area contributed by atoms with Crippen molar-refractivity contribution in [1.29, 1.82) is 0 Å². The smallest absolute Gasteiger partial charge is 0.248 e. The van der Waals surface area contributed by atoms with Crippen molar-refractivity contribution >= 4 is 11.7 Å². The van der Waals surface area contributed by atoms with Crippen LogP contribution in [0.1, 0.15) is 56.0 Å². The topological polar surface area (TPSA) is 80.9 Å². The zero-order valence-electron chi connectivity index (χ0n) is 17.1. The van der Waals surface area contributed by atoms with Crippen LogP contribution in [-0.2, 0) is 24.4 Å². The van der Waals surface area contributed by atoms with Crippen LogP contribution in [0.25, 0.3) is 0 Å². The minimum Gasteiger partial charge on any atom is -0.299 e. The molecule has 1 N–H and O–H groups in total. The number of hydrogen-bond acceptors (Lipinski definition) is 5. The van der Waals surface area contributed by atoms with Gasteiger partial charge >= 0.3 is 0 Å². The van der Waals surface area contributed by atoms with Gasteiger partial charge in [0.25, 0.3) is 0 Å². The van der Waals surface area contributed by atoms with E-state index in [1.165, 1.54) is 12.8 Å². The third kappa shape index (κ3) is 3.97. The van der Waals surface area contributed by atoms with Gasteiger partial charge in [0.05, 0.1) is 18.3 Å². The Labute approximate surface area is 173 Å². The minimum absolute atomic E-state index is 0.00335. The monoisotopic (exact) mass is 419 g/mol. The van der Waals surface area contributed by atoms with E-state index in [-0.39, 0.29) is 30.7 Å². The molecule has 30 heavy (non-hydrogen) atoms. The van der Waals surface area contributed by atoms with Crippen molar-refractivity contribution in [3.8, 4) is 0 Å². The standard InChI is InChI=1S/C20H27F2N7O/c1-27-18-8-16(14-2-3-14)25-29(18)7-5-15(19(27)30)23-10-17-24-12-28(26-17)11-13-4-6-20(21,22)9-13/h8,12-15,23H,2-7,9-11H2,1H3. The first-order valence-electron chi connectivity index (χ1n) is 10.7. The van der Waals surface area contributed by atoms with Gasteiger partial charge in [0.2, 0.25) is 11.8 Å². The average Bonchev–Trinajstić information content (AvgIpc) is 3.20. The first kappa shape index (κ1) is 19.6. The zero-order chi connectivity index (χ0) is 20.9. The fraction of sp³-hybridized carbons (Fsp3) is 0.700. The van der Waals surface area contributed by atoms with Gasteiger partial charge in [-0.05, 0) is 31.6 Å². The van der Waals surface area contributed by atoms with Crippen molar-refractivity contribution in [3.05, 3.63) is 23.9 Å². The molecule has 162 valence electrons. The van der Waals surface area contributed by atoms with Crippen LogP contribution in [0.2, 0.25) is 0 Å². The second kappa shape index (κ2) is 7.40. The summed E-state index contributed by atoms with van der Waals surface area (Å²) >= 11 is 0. The molecule has 2 aromatic rings. The van der Waals surface area contributed by atoms with Crippen molar-refractivity contribution in [2.45, 2.75) is 76.0 Å². The third-order valence-electron chi connectivity index (χ3n) is 6.42. The third-order valence-corrected chi connectivity index (χ3v) is 6.42. The molecular formula is C20H27F2N7O. The summed E-state index contributed by atoms with van der Waals surface area (Å²) in [5, 5.41) is 12.3. The predicted molar refractivity (Wildman–Crippen MR) is 105 cm³/mol. The van der Waals surface area contributed by atoms with E-state index in [1.807, 2.05) is 10.7 Å². The van der Waals surface area contributed by atoms with Gasteiger partial charge in [-0.15, -0.1) is 0 Å². The summed E-state index contributed by atoms with van der Waals surface area (Å²) in [5.41, 5.74) is 1.09. The summed E-state index contributed by atoms with van der Waals surface area (Å²) < 4.78 is 30.3. The molecule has 2 unspecified atom stereocenters. The Kier molecular flexibility index (Phi) is 4.83. The Morgan fingerprint density at radius 1 is 1.23 bits per heavy atom. The summed E-state index contributed by atoms with van der Waals surface area (Å²) in [6.45, 7) is 1.49. The van der Waals surface area contributed by atoms with Crippen LogP contribution in [0.4, 0.5) is 14.6 Å². The lowest BCUT2D eigenvalue weighted by Gasteiger charge is -2.20. The fourth-order valence-corrected chi connectivity index (χ4v) is 4.53. The van der Waals surface area contributed by atoms with Crippen LogP contribution < -0.4 is 10.2 Å². The Morgan fingerprint density at radius 3 is 2.80 bits per heavy atom. The van der Waals surface area contributed by atoms with Gasteiger partial charge < -0.3 is 0 Å². The molecule has 0 radical (unpaired) electrons. The van der Waals surface area contributed by atoms with Gasteiger partial charge in [0.15, 0.2) is 5.82 Å². The fourth-order valence-electron chi connectivity index (χ4n) is 4.53. The lowest BCUT2D eigenvalue weighted by atomic mass is 10.1. The number of aromatic nitrogens is 5. The molecule has 8 nitrogen and oxygen atoms in total. The Bertz CT molecular complexity index is 935. The molecule has 2 atom stereocenters. The second-order valence-corrected chi connectivity index (χ2v) is 8.89. The van der Waals surface area contributed by atoms with E-state index in [0.29, 0.717) is 44.2 Å². The van der Waals surface area contributed by atoms with E-state index in [0.717, 1.165) is 11.5 Å². The van der Waals surface area contributed by atoms with E-state index in [2.05, 4.69) is 20.5 Å². The van der Waals surface area contributed by atoms with E-state index in [9.17, 15) is 13.6 Å². The van der Waals surface area contributed by atoms with Crippen molar-refractivity contribution in [1.82, 2.24) is 29.9 Å². The quantitative estimate of drug-likeness (QED) is 0.777. The number of aryl methyl sites for hydroxylation is 1. The minimum atomic E-state index is -2.55. The van der Waals surface area contributed by atoms with Crippen LogP contribution in [0.15, 0.2) is 12.4 Å². The molecular weight excluding hydrogens is 392 g/mol. The number of anilines is 1. The van der Waals surface area contributed by atoms with Crippen molar-refractivity contribution < 1.29 is 13.6 Å². The molecule has 0 saturated heterocycles. The van der Waals surface area contributed by atoms with Crippen LogP contribution in [0.3, 0.4) is 0 Å². The largest absolute Gasteiger partial charge is 0.299 e. The highest BCUT2D eigenvalue weighted by Gasteiger charge is 2.39. The predicted octanol–water partition coefficient (Wildman–Crippen LogP) is 2.31. The zero-order valence-corrected chi connectivity index (χ0v) is 17.1. The first-order chi connectivity index (χ1) is 14.4. The maximum absolute atomic E-state index is 13.4. The highest BCUT2D eigenvalue weighted by molar-refractivity contribution is 5.96. The van der Waals surface area contributed by atoms with Crippen LogP contribution in [0.5, 0.6) is 0 Å². The number of likely N-dealkylation sites (N-methyl/N-ethyl adjacent to an activating group) is 1. The SMILES string of the molecule is CN1C(=O)C(NCc2ncn(CC3CCC(F)(F)C3)n2)CCn2nc(C3CC3)cc21. The number of nitrogens with zero attached hydrogens (tertiary/aromatic N) is 6. The van der Waals surface area contributed by atoms with Crippen molar-refractivity contribution in [2.75, 3.05) is 11.9 Å². The molecule has 0 aromatic carbocycles. The van der Waals surface area contributed by atoms with Gasteiger partial charge in [-0.2, -0.15) is 10.2 Å². The Hall–Kier alpha value is -2.36. The van der Waals surface area contributed by atoms with Crippen molar-refractivity contribution in [3.63, 3.8) is 0 Å². The maximum Gasteiger partial charge on any atom is 0.248 e. The number of fused-ring (bicyclic) bond motifs is 1. The van der Waals surface area contributed by atoms with Gasteiger partial charge in [-0.3, -0.25) is 19.7 Å². The summed E-state index contributed by atoms with van der Waals surface area (Å²) in [6.07, 6.45) is 4.98. The molecule has 3 heterocycles. The first-order valence-corrected chi connectivity index (χ1v) is 10.7. The summed E-state index contributed by atoms with van der Waals surface area (Å²) in [7, 11) is 1.79. The summed E-state index contributed by atoms with van der Waals surface area (Å²) in [6, 6.07) is 1.69. The van der Waals surface area contributed by atoms with E-state index >= 15 is 0 Å². The summed E-state index contributed by atoms with van der Waals surface area (Å²) in [5.74, 6) is -0.644. The van der Waals surface area contributed by atoms with Gasteiger partial charge in [-0.1, -0.05) is 0 Å². The molecule has 1 aliphatic heterocycles. The Morgan fingerprint density at radius 2 is 2.07 bits per heavy atom. The number of nitrogens with one attached hydrogen (secondary N) is 1.